The van der Waals surface area contributed by atoms with Gasteiger partial charge in [-0.15, -0.1) is 0 Å². The number of aromatic nitrogens is 1. The molecule has 0 bridgehead atoms. The van der Waals surface area contributed by atoms with Crippen molar-refractivity contribution < 1.29 is 9.31 Å². The van der Waals surface area contributed by atoms with Crippen LogP contribution in [-0.4, -0.2) is 29.1 Å². The Morgan fingerprint density at radius 1 is 1.23 bits per heavy atom. The molecule has 0 spiro atoms. The van der Waals surface area contributed by atoms with E-state index in [0.717, 1.165) is 24.7 Å². The van der Waals surface area contributed by atoms with Crippen molar-refractivity contribution in [1.29, 1.82) is 0 Å². The summed E-state index contributed by atoms with van der Waals surface area (Å²) in [5.41, 5.74) is 0.774. The van der Waals surface area contributed by atoms with Crippen LogP contribution in [0.5, 0.6) is 0 Å². The van der Waals surface area contributed by atoms with Gasteiger partial charge in [0.1, 0.15) is 5.82 Å². The Balaban J connectivity index is 1.51. The quantitative estimate of drug-likeness (QED) is 0.799. The fourth-order valence-corrected chi connectivity index (χ4v) is 3.25. The van der Waals surface area contributed by atoms with E-state index in [9.17, 15) is 0 Å². The molecular weight excluding hydrogens is 275 g/mol. The molecule has 4 nitrogen and oxygen atoms in total. The lowest BCUT2D eigenvalue weighted by Crippen LogP contribution is -2.41. The van der Waals surface area contributed by atoms with Crippen molar-refractivity contribution in [2.75, 3.05) is 0 Å². The Morgan fingerprint density at radius 3 is 2.55 bits per heavy atom. The lowest BCUT2D eigenvalue weighted by atomic mass is 9.69. The zero-order valence-electron chi connectivity index (χ0n) is 14.0. The fraction of sp³-hybridized carbons (Fsp3) is 0.706. The summed E-state index contributed by atoms with van der Waals surface area (Å²) in [4.78, 5) is 4.73. The van der Waals surface area contributed by atoms with Gasteiger partial charge in [-0.1, -0.05) is 0 Å². The van der Waals surface area contributed by atoms with Crippen molar-refractivity contribution in [3.8, 4) is 0 Å². The summed E-state index contributed by atoms with van der Waals surface area (Å²) in [5.74, 6) is 2.21. The van der Waals surface area contributed by atoms with Gasteiger partial charge in [0.2, 0.25) is 0 Å². The summed E-state index contributed by atoms with van der Waals surface area (Å²) in [6.45, 7) is 9.53. The largest absolute Gasteiger partial charge is 0.467 e. The Morgan fingerprint density at radius 2 is 1.91 bits per heavy atom. The first-order chi connectivity index (χ1) is 10.4. The van der Waals surface area contributed by atoms with Gasteiger partial charge in [-0.3, -0.25) is 0 Å². The summed E-state index contributed by atoms with van der Waals surface area (Å²) in [6.07, 6.45) is 7.91. The van der Waals surface area contributed by atoms with Crippen LogP contribution in [0.15, 0.2) is 17.3 Å². The third-order valence-electron chi connectivity index (χ3n) is 5.63. The van der Waals surface area contributed by atoms with Crippen molar-refractivity contribution in [3.63, 3.8) is 0 Å². The minimum absolute atomic E-state index is 0.199. The molecule has 2 aliphatic heterocycles. The van der Waals surface area contributed by atoms with Crippen LogP contribution in [0.3, 0.4) is 0 Å². The maximum Gasteiger partial charge on any atom is 0.467 e. The molecule has 1 aromatic heterocycles. The predicted octanol–water partition coefficient (Wildman–Crippen LogP) is 3.62. The molecule has 2 fully saturated rings. The zero-order valence-corrected chi connectivity index (χ0v) is 14.0. The predicted molar refractivity (Wildman–Crippen MR) is 88.8 cm³/mol. The molecule has 1 saturated carbocycles. The van der Waals surface area contributed by atoms with E-state index in [-0.39, 0.29) is 24.1 Å². The van der Waals surface area contributed by atoms with Crippen molar-refractivity contribution in [2.45, 2.75) is 70.5 Å². The highest BCUT2D eigenvalue weighted by Gasteiger charge is 2.53. The summed E-state index contributed by atoms with van der Waals surface area (Å²) in [5, 5.41) is 0. The second kappa shape index (κ2) is 4.71. The Hall–Kier alpha value is -1.07. The van der Waals surface area contributed by atoms with Gasteiger partial charge in [-0.2, -0.15) is 0 Å². The van der Waals surface area contributed by atoms with E-state index in [2.05, 4.69) is 44.5 Å². The Bertz CT molecular complexity index is 600. The summed E-state index contributed by atoms with van der Waals surface area (Å²) in [6, 6.07) is 2.21. The highest BCUT2D eigenvalue weighted by atomic mass is 16.7. The van der Waals surface area contributed by atoms with Gasteiger partial charge < -0.3 is 13.9 Å². The first kappa shape index (κ1) is 14.5. The minimum atomic E-state index is -0.274. The number of rotatable bonds is 3. The van der Waals surface area contributed by atoms with E-state index < -0.39 is 0 Å². The number of fused-ring (bicyclic) bond motifs is 1. The maximum atomic E-state index is 6.18. The van der Waals surface area contributed by atoms with Crippen LogP contribution in [0.25, 0.3) is 0 Å². The molecule has 1 aliphatic carbocycles. The van der Waals surface area contributed by atoms with Gasteiger partial charge in [0.05, 0.1) is 11.2 Å². The van der Waals surface area contributed by atoms with Crippen LogP contribution >= 0.6 is 0 Å². The monoisotopic (exact) mass is 300 g/mol. The number of hydrogen-bond donors (Lipinski definition) is 0. The first-order valence-corrected chi connectivity index (χ1v) is 8.43. The van der Waals surface area contributed by atoms with Crippen molar-refractivity contribution >= 4 is 19.2 Å². The minimum Gasteiger partial charge on any atom is -0.403 e. The topological polar surface area (TPSA) is 35.8 Å². The van der Waals surface area contributed by atoms with Crippen LogP contribution in [0, 0.1) is 5.92 Å². The highest BCUT2D eigenvalue weighted by Crippen LogP contribution is 2.42. The van der Waals surface area contributed by atoms with E-state index in [1.807, 2.05) is 6.21 Å². The molecule has 1 aromatic rings. The highest BCUT2D eigenvalue weighted by molar-refractivity contribution is 6.51. The fourth-order valence-electron chi connectivity index (χ4n) is 3.25. The zero-order chi connectivity index (χ0) is 15.5. The van der Waals surface area contributed by atoms with Gasteiger partial charge in [0, 0.05) is 24.8 Å². The number of nitrogens with zero attached hydrogens (tertiary/aromatic N) is 2. The molecule has 1 saturated heterocycles. The second-order valence-electron chi connectivity index (χ2n) is 8.03. The van der Waals surface area contributed by atoms with Crippen LogP contribution in [0.1, 0.15) is 46.1 Å². The van der Waals surface area contributed by atoms with Crippen LogP contribution in [0.4, 0.5) is 5.82 Å². The van der Waals surface area contributed by atoms with Crippen LogP contribution in [0.2, 0.25) is 5.82 Å². The van der Waals surface area contributed by atoms with Crippen molar-refractivity contribution in [2.24, 2.45) is 10.9 Å². The van der Waals surface area contributed by atoms with E-state index in [4.69, 9.17) is 14.3 Å². The summed E-state index contributed by atoms with van der Waals surface area (Å²) in [7, 11) is -0.200. The van der Waals surface area contributed by atoms with Gasteiger partial charge >= 0.3 is 7.12 Å². The normalized spacial score (nSPS) is 28.9. The van der Waals surface area contributed by atoms with E-state index in [1.54, 1.807) is 0 Å². The second-order valence-corrected chi connectivity index (χ2v) is 8.03. The van der Waals surface area contributed by atoms with Crippen molar-refractivity contribution in [3.05, 3.63) is 17.8 Å². The van der Waals surface area contributed by atoms with Crippen molar-refractivity contribution in [1.82, 2.24) is 4.57 Å². The average molecular weight is 300 g/mol. The van der Waals surface area contributed by atoms with Crippen LogP contribution in [-0.2, 0) is 22.3 Å². The molecule has 1 atom stereocenters. The molecule has 0 N–H and O–H groups in total. The Kier molecular flexibility index (Phi) is 3.11. The van der Waals surface area contributed by atoms with Gasteiger partial charge in [0.15, 0.2) is 0 Å². The van der Waals surface area contributed by atoms with Gasteiger partial charge in [0.25, 0.3) is 0 Å². The molecule has 0 radical (unpaired) electrons. The molecule has 3 heterocycles. The molecule has 5 heteroatoms. The molecule has 3 aliphatic rings. The average Bonchev–Trinajstić information content (AvgIpc) is 3.12. The summed E-state index contributed by atoms with van der Waals surface area (Å²) < 4.78 is 14.7. The van der Waals surface area contributed by atoms with Gasteiger partial charge in [-0.25, -0.2) is 4.99 Å². The number of hydrogen-bond acceptors (Lipinski definition) is 3. The van der Waals surface area contributed by atoms with E-state index >= 15 is 0 Å². The van der Waals surface area contributed by atoms with E-state index in [1.165, 1.54) is 18.4 Å². The number of aliphatic imine (C=N–C) groups is 1. The molecular formula is C17H25BN2O2. The maximum absolute atomic E-state index is 6.18. The molecule has 1 unspecified atom stereocenters. The molecule has 4 rings (SSSR count). The third-order valence-corrected chi connectivity index (χ3v) is 5.63. The van der Waals surface area contributed by atoms with Crippen LogP contribution < -0.4 is 0 Å². The lowest BCUT2D eigenvalue weighted by Gasteiger charge is -2.32. The SMILES string of the molecule is CC1(C)OB(C2C=Nc3c(ccn3CC3CC3)C2)OC1(C)C. The molecule has 22 heavy (non-hydrogen) atoms. The Labute approximate surface area is 133 Å². The molecule has 0 aromatic carbocycles. The molecule has 0 amide bonds. The van der Waals surface area contributed by atoms with E-state index in [0.29, 0.717) is 0 Å². The lowest BCUT2D eigenvalue weighted by molar-refractivity contribution is 0.00578. The standard InChI is InChI=1S/C17H25BN2O2/c1-16(2)17(3,4)22-18(21-16)14-9-13-7-8-20(11-12-5-6-12)15(13)19-10-14/h7-8,10,12,14H,5-6,9,11H2,1-4H3. The van der Waals surface area contributed by atoms with Gasteiger partial charge in [-0.05, 0) is 64.5 Å². The first-order valence-electron chi connectivity index (χ1n) is 8.43. The summed E-state index contributed by atoms with van der Waals surface area (Å²) >= 11 is 0. The molecule has 118 valence electrons. The third kappa shape index (κ3) is 2.35. The smallest absolute Gasteiger partial charge is 0.403 e.